The molecule has 1 unspecified atom stereocenters. The number of hydrogen-bond acceptors (Lipinski definition) is 6. The predicted octanol–water partition coefficient (Wildman–Crippen LogP) is 2.56. The molecule has 0 aliphatic rings. The molecule has 3 N–H and O–H groups in total. The summed E-state index contributed by atoms with van der Waals surface area (Å²) < 4.78 is 10.1. The first kappa shape index (κ1) is 23.1. The molecule has 3 rings (SSSR count). The molecular formula is C22H23ClN4O5. The van der Waals surface area contributed by atoms with Gasteiger partial charge in [0.1, 0.15) is 11.8 Å². The van der Waals surface area contributed by atoms with Crippen molar-refractivity contribution in [2.24, 2.45) is 0 Å². The van der Waals surface area contributed by atoms with Gasteiger partial charge in [-0.2, -0.15) is 0 Å². The molecule has 0 bridgehead atoms. The van der Waals surface area contributed by atoms with Crippen molar-refractivity contribution < 1.29 is 18.8 Å². The van der Waals surface area contributed by atoms with Crippen molar-refractivity contribution in [1.29, 1.82) is 0 Å². The van der Waals surface area contributed by atoms with Gasteiger partial charge in [0.15, 0.2) is 5.82 Å². The summed E-state index contributed by atoms with van der Waals surface area (Å²) in [5, 5.41) is 9.25. The van der Waals surface area contributed by atoms with Crippen LogP contribution in [0.1, 0.15) is 29.8 Å². The van der Waals surface area contributed by atoms with Crippen molar-refractivity contribution in [3.8, 4) is 17.1 Å². The maximum atomic E-state index is 12.7. The summed E-state index contributed by atoms with van der Waals surface area (Å²) in [4.78, 5) is 38.7. The topological polar surface area (TPSA) is 126 Å². The maximum absolute atomic E-state index is 12.7. The number of carbonyl (C=O) groups excluding carboxylic acids is 2. The minimum Gasteiger partial charge on any atom is -0.489 e. The normalized spacial score (nSPS) is 11.8. The standard InChI is InChI=1S/C22H23ClN4O5/c1-12(2)31-18-9-8-15(11-16(18)23)20(28)25-17(21(29)24-3)10-13-4-6-14(7-5-13)19-26-22(30)32-27-19/h4-9,11-12,17H,10H2,1-3H3,(H,24,29)(H,25,28)(H,26,27,30). The molecule has 3 aromatic rings. The number of aromatic nitrogens is 2. The van der Waals surface area contributed by atoms with Gasteiger partial charge >= 0.3 is 5.76 Å². The summed E-state index contributed by atoms with van der Waals surface area (Å²) in [7, 11) is 1.50. The van der Waals surface area contributed by atoms with Crippen LogP contribution >= 0.6 is 11.6 Å². The van der Waals surface area contributed by atoms with Gasteiger partial charge in [0.2, 0.25) is 5.91 Å². The minimum atomic E-state index is -0.810. The maximum Gasteiger partial charge on any atom is 0.439 e. The van der Waals surface area contributed by atoms with Gasteiger partial charge in [0, 0.05) is 24.6 Å². The lowest BCUT2D eigenvalue weighted by Gasteiger charge is -2.18. The summed E-state index contributed by atoms with van der Waals surface area (Å²) >= 11 is 6.22. The Bertz CT molecular complexity index is 1150. The second kappa shape index (κ2) is 10.1. The van der Waals surface area contributed by atoms with Gasteiger partial charge in [-0.1, -0.05) is 41.0 Å². The van der Waals surface area contributed by atoms with Crippen molar-refractivity contribution in [3.63, 3.8) is 0 Å². The smallest absolute Gasteiger partial charge is 0.439 e. The molecule has 2 aromatic carbocycles. The Morgan fingerprint density at radius 1 is 1.19 bits per heavy atom. The van der Waals surface area contributed by atoms with Crippen LogP contribution in [0.5, 0.6) is 5.75 Å². The van der Waals surface area contributed by atoms with Crippen molar-refractivity contribution in [2.75, 3.05) is 7.05 Å². The lowest BCUT2D eigenvalue weighted by atomic mass is 10.0. The Labute approximate surface area is 189 Å². The third-order valence-electron chi connectivity index (χ3n) is 4.53. The van der Waals surface area contributed by atoms with E-state index in [0.717, 1.165) is 5.56 Å². The number of nitrogens with one attached hydrogen (secondary N) is 3. The molecule has 0 aliphatic carbocycles. The number of hydrogen-bond donors (Lipinski definition) is 3. The zero-order valence-electron chi connectivity index (χ0n) is 17.8. The highest BCUT2D eigenvalue weighted by atomic mass is 35.5. The quantitative estimate of drug-likeness (QED) is 0.476. The molecule has 0 radical (unpaired) electrons. The average molecular weight is 459 g/mol. The van der Waals surface area contributed by atoms with Crippen molar-refractivity contribution in [1.82, 2.24) is 20.8 Å². The van der Waals surface area contributed by atoms with Gasteiger partial charge in [-0.05, 0) is 37.6 Å². The van der Waals surface area contributed by atoms with Crippen LogP contribution in [0.3, 0.4) is 0 Å². The highest BCUT2D eigenvalue weighted by molar-refractivity contribution is 6.32. The predicted molar refractivity (Wildman–Crippen MR) is 119 cm³/mol. The van der Waals surface area contributed by atoms with E-state index in [1.165, 1.54) is 13.1 Å². The zero-order valence-corrected chi connectivity index (χ0v) is 18.5. The molecule has 0 aliphatic heterocycles. The molecule has 0 saturated carbocycles. The highest BCUT2D eigenvalue weighted by Gasteiger charge is 2.22. The fourth-order valence-corrected chi connectivity index (χ4v) is 3.23. The number of likely N-dealkylation sites (N-methyl/N-ethyl adjacent to an activating group) is 1. The van der Waals surface area contributed by atoms with Crippen LogP contribution in [-0.4, -0.2) is 41.1 Å². The lowest BCUT2D eigenvalue weighted by Crippen LogP contribution is -2.47. The average Bonchev–Trinajstić information content (AvgIpc) is 3.20. The zero-order chi connectivity index (χ0) is 23.3. The van der Waals surface area contributed by atoms with E-state index in [2.05, 4.69) is 25.3 Å². The molecule has 1 atom stereocenters. The van der Waals surface area contributed by atoms with Crippen LogP contribution in [0.25, 0.3) is 11.4 Å². The second-order valence-electron chi connectivity index (χ2n) is 7.30. The van der Waals surface area contributed by atoms with Crippen molar-refractivity contribution in [2.45, 2.75) is 32.4 Å². The largest absolute Gasteiger partial charge is 0.489 e. The molecule has 2 amide bonds. The van der Waals surface area contributed by atoms with E-state index in [1.807, 2.05) is 13.8 Å². The minimum absolute atomic E-state index is 0.0549. The van der Waals surface area contributed by atoms with E-state index in [0.29, 0.717) is 27.7 Å². The summed E-state index contributed by atoms with van der Waals surface area (Å²) in [6, 6.07) is 10.9. The number of H-pyrrole nitrogens is 1. The van der Waals surface area contributed by atoms with Gasteiger partial charge < -0.3 is 15.4 Å². The van der Waals surface area contributed by atoms with Crippen molar-refractivity contribution in [3.05, 3.63) is 69.2 Å². The van der Waals surface area contributed by atoms with E-state index >= 15 is 0 Å². The first-order valence-electron chi connectivity index (χ1n) is 9.90. The molecule has 0 fully saturated rings. The van der Waals surface area contributed by atoms with Gasteiger partial charge in [-0.15, -0.1) is 0 Å². The van der Waals surface area contributed by atoms with Gasteiger partial charge in [-0.3, -0.25) is 19.1 Å². The molecule has 0 spiro atoms. The van der Waals surface area contributed by atoms with Crippen LogP contribution in [0.4, 0.5) is 0 Å². The molecule has 1 aromatic heterocycles. The van der Waals surface area contributed by atoms with Gasteiger partial charge in [-0.25, -0.2) is 4.79 Å². The van der Waals surface area contributed by atoms with Crippen LogP contribution < -0.4 is 21.1 Å². The van der Waals surface area contributed by atoms with Crippen LogP contribution in [0.2, 0.25) is 5.02 Å². The third-order valence-corrected chi connectivity index (χ3v) is 4.83. The molecule has 168 valence electrons. The molecule has 9 nitrogen and oxygen atoms in total. The second-order valence-corrected chi connectivity index (χ2v) is 7.70. The molecule has 10 heteroatoms. The SMILES string of the molecule is CNC(=O)C(Cc1ccc(-c2noc(=O)[nH]2)cc1)NC(=O)c1ccc(OC(C)C)c(Cl)c1. The van der Waals surface area contributed by atoms with E-state index < -0.39 is 17.7 Å². The van der Waals surface area contributed by atoms with Crippen LogP contribution in [0.15, 0.2) is 51.8 Å². The Balaban J connectivity index is 1.73. The Morgan fingerprint density at radius 3 is 2.47 bits per heavy atom. The number of rotatable bonds is 8. The Hall–Kier alpha value is -3.59. The fraction of sp³-hybridized carbons (Fsp3) is 0.273. The number of halogens is 1. The fourth-order valence-electron chi connectivity index (χ4n) is 3.01. The number of benzene rings is 2. The first-order chi connectivity index (χ1) is 15.3. The Morgan fingerprint density at radius 2 is 1.91 bits per heavy atom. The van der Waals surface area contributed by atoms with E-state index in [9.17, 15) is 14.4 Å². The third kappa shape index (κ3) is 5.76. The molecule has 0 saturated heterocycles. The monoisotopic (exact) mass is 458 g/mol. The number of amides is 2. The lowest BCUT2D eigenvalue weighted by molar-refractivity contribution is -0.122. The summed E-state index contributed by atoms with van der Waals surface area (Å²) in [5.74, 6) is -0.632. The number of nitrogens with zero attached hydrogens (tertiary/aromatic N) is 1. The Kier molecular flexibility index (Phi) is 7.32. The number of aromatic amines is 1. The van der Waals surface area contributed by atoms with Gasteiger partial charge in [0.05, 0.1) is 11.1 Å². The molecule has 32 heavy (non-hydrogen) atoms. The number of carbonyl (C=O) groups is 2. The number of ether oxygens (including phenoxy) is 1. The highest BCUT2D eigenvalue weighted by Crippen LogP contribution is 2.26. The van der Waals surface area contributed by atoms with E-state index in [4.69, 9.17) is 16.3 Å². The molecular weight excluding hydrogens is 436 g/mol. The van der Waals surface area contributed by atoms with Gasteiger partial charge in [0.25, 0.3) is 5.91 Å². The molecule has 1 heterocycles. The first-order valence-corrected chi connectivity index (χ1v) is 10.3. The summed E-state index contributed by atoms with van der Waals surface area (Å²) in [5.41, 5.74) is 1.76. The van der Waals surface area contributed by atoms with E-state index in [1.54, 1.807) is 36.4 Å². The summed E-state index contributed by atoms with van der Waals surface area (Å²) in [6.07, 6.45) is 0.198. The van der Waals surface area contributed by atoms with Crippen LogP contribution in [-0.2, 0) is 11.2 Å². The van der Waals surface area contributed by atoms with Crippen LogP contribution in [0, 0.1) is 0 Å². The van der Waals surface area contributed by atoms with E-state index in [-0.39, 0.29) is 18.4 Å². The van der Waals surface area contributed by atoms with Crippen molar-refractivity contribution >= 4 is 23.4 Å². The summed E-state index contributed by atoms with van der Waals surface area (Å²) in [6.45, 7) is 3.75.